The quantitative estimate of drug-likeness (QED) is 0.242. The van der Waals surface area contributed by atoms with Crippen molar-refractivity contribution in [3.8, 4) is 23.3 Å². The third-order valence-corrected chi connectivity index (χ3v) is 13.4. The van der Waals surface area contributed by atoms with Crippen molar-refractivity contribution < 1.29 is 22.7 Å². The molecular formula is C38H37F3N10O3S. The van der Waals surface area contributed by atoms with E-state index in [1.165, 1.54) is 16.7 Å². The summed E-state index contributed by atoms with van der Waals surface area (Å²) < 4.78 is 56.9. The van der Waals surface area contributed by atoms with Gasteiger partial charge >= 0.3 is 6.01 Å². The van der Waals surface area contributed by atoms with Crippen LogP contribution in [0.15, 0.2) is 29.2 Å². The Morgan fingerprint density at radius 2 is 1.85 bits per heavy atom. The van der Waals surface area contributed by atoms with Gasteiger partial charge < -0.3 is 24.8 Å². The maximum absolute atomic E-state index is 17.7. The first kappa shape index (κ1) is 34.3. The number of carbonyl (C=O) groups is 1. The van der Waals surface area contributed by atoms with Crippen molar-refractivity contribution in [3.05, 3.63) is 57.6 Å². The summed E-state index contributed by atoms with van der Waals surface area (Å²) in [6.45, 7) is 1.82. The number of aromatic nitrogens is 5. The largest absolute Gasteiger partial charge is 0.461 e. The molecule has 5 aliphatic rings. The standard InChI is InChI=1S/C38H37F3N10O3S/c1-47-26(9-11-44-47)35(52)50-21-5-6-22(50)17-48(16-21)34-28-30(45-37(46-34)54-18-38-10-2-12-49(38)15-19(39)13-38)29(41)31(51(36(28)53)20-3-4-20)23-7-8-25(40)32-27(23)24(14-42)33(43)55-32/h7-9,11,19-22H,2-6,10,12-13,15-18,43H2,1H3/t19-,21?,22?,38+/m1/s1. The number of nitriles is 1. The molecule has 2 unspecified atom stereocenters. The lowest BCUT2D eigenvalue weighted by atomic mass is 9.95. The monoisotopic (exact) mass is 770 g/mol. The van der Waals surface area contributed by atoms with E-state index in [1.807, 2.05) is 15.9 Å². The zero-order valence-corrected chi connectivity index (χ0v) is 30.8. The van der Waals surface area contributed by atoms with Gasteiger partial charge in [0.2, 0.25) is 0 Å². The Morgan fingerprint density at radius 1 is 1.09 bits per heavy atom. The van der Waals surface area contributed by atoms with Gasteiger partial charge in [0.15, 0.2) is 5.82 Å². The SMILES string of the molecule is Cn1nccc1C(=O)N1C2CCC1CN(c1nc(OC[C@@]34CCCN3C[C@H](F)C4)nc3c(F)c(-c4ccc(F)c5sc(N)c(C#N)c45)n(C4CC4)c(=O)c13)C2. The number of halogens is 3. The van der Waals surface area contributed by atoms with Crippen molar-refractivity contribution in [1.82, 2.24) is 34.1 Å². The van der Waals surface area contributed by atoms with E-state index >= 15 is 8.78 Å². The maximum Gasteiger partial charge on any atom is 0.319 e. The smallest absolute Gasteiger partial charge is 0.319 e. The third kappa shape index (κ3) is 5.17. The number of pyridine rings is 1. The van der Waals surface area contributed by atoms with Crippen LogP contribution in [0.1, 0.15) is 67.0 Å². The van der Waals surface area contributed by atoms with Crippen molar-refractivity contribution in [1.29, 1.82) is 5.26 Å². The summed E-state index contributed by atoms with van der Waals surface area (Å²) in [4.78, 5) is 44.0. The van der Waals surface area contributed by atoms with Gasteiger partial charge in [-0.2, -0.15) is 20.3 Å². The number of rotatable bonds is 7. The van der Waals surface area contributed by atoms with E-state index in [0.29, 0.717) is 44.6 Å². The number of nitrogens with two attached hydrogens (primary N) is 1. The lowest BCUT2D eigenvalue weighted by Crippen LogP contribution is -2.56. The van der Waals surface area contributed by atoms with Crippen molar-refractivity contribution in [3.63, 3.8) is 0 Å². The summed E-state index contributed by atoms with van der Waals surface area (Å²) in [5.74, 6) is -1.38. The molecular weight excluding hydrogens is 734 g/mol. The van der Waals surface area contributed by atoms with Crippen molar-refractivity contribution in [2.24, 2.45) is 7.05 Å². The van der Waals surface area contributed by atoms with Gasteiger partial charge in [-0.1, -0.05) is 0 Å². The minimum atomic E-state index is -0.990. The Balaban J connectivity index is 1.14. The summed E-state index contributed by atoms with van der Waals surface area (Å²) >= 11 is 0.895. The van der Waals surface area contributed by atoms with Crippen LogP contribution in [0.2, 0.25) is 0 Å². The van der Waals surface area contributed by atoms with Crippen LogP contribution in [0.4, 0.5) is 24.0 Å². The minimum Gasteiger partial charge on any atom is -0.461 e. The van der Waals surface area contributed by atoms with Crippen LogP contribution in [0, 0.1) is 23.0 Å². The molecule has 5 fully saturated rings. The number of benzene rings is 1. The predicted molar refractivity (Wildman–Crippen MR) is 199 cm³/mol. The maximum atomic E-state index is 17.7. The van der Waals surface area contributed by atoms with Crippen LogP contribution in [0.3, 0.4) is 0 Å². The van der Waals surface area contributed by atoms with E-state index < -0.39 is 28.9 Å². The van der Waals surface area contributed by atoms with Crippen LogP contribution in [-0.2, 0) is 7.05 Å². The molecule has 1 aliphatic carbocycles. The number of hydrogen-bond donors (Lipinski definition) is 1. The number of fused-ring (bicyclic) bond motifs is 5. The van der Waals surface area contributed by atoms with E-state index in [0.717, 1.165) is 43.6 Å². The summed E-state index contributed by atoms with van der Waals surface area (Å²) in [6, 6.07) is 5.39. The predicted octanol–water partition coefficient (Wildman–Crippen LogP) is 4.92. The Labute approximate surface area is 316 Å². The Morgan fingerprint density at radius 3 is 2.56 bits per heavy atom. The number of nitrogen functional groups attached to an aromatic ring is 1. The molecule has 4 saturated heterocycles. The highest BCUT2D eigenvalue weighted by atomic mass is 32.1. The minimum absolute atomic E-state index is 0.00770. The van der Waals surface area contributed by atoms with E-state index in [9.17, 15) is 19.2 Å². The molecule has 1 aromatic carbocycles. The molecule has 2 bridgehead atoms. The number of thiophene rings is 1. The molecule has 1 amide bonds. The number of nitrogens with zero attached hydrogens (tertiary/aromatic N) is 9. The van der Waals surface area contributed by atoms with Crippen LogP contribution in [-0.4, -0.2) is 96.6 Å². The molecule has 284 valence electrons. The van der Waals surface area contributed by atoms with E-state index in [1.54, 1.807) is 24.0 Å². The molecule has 4 aromatic heterocycles. The molecule has 4 aliphatic heterocycles. The Hall–Kier alpha value is -5.21. The molecule has 1 saturated carbocycles. The molecule has 0 spiro atoms. The van der Waals surface area contributed by atoms with Gasteiger partial charge in [0, 0.05) is 56.3 Å². The molecule has 8 heterocycles. The zero-order chi connectivity index (χ0) is 37.9. The average Bonchev–Trinajstić information content (AvgIpc) is 3.35. The van der Waals surface area contributed by atoms with E-state index in [2.05, 4.69) is 15.0 Å². The fraction of sp³-hybridized carbons (Fsp3) is 0.474. The average molecular weight is 771 g/mol. The van der Waals surface area contributed by atoms with Gasteiger partial charge in [-0.25, -0.2) is 13.2 Å². The Kier molecular flexibility index (Phi) is 7.73. The lowest BCUT2D eigenvalue weighted by molar-refractivity contribution is 0.0629. The van der Waals surface area contributed by atoms with Crippen molar-refractivity contribution in [2.75, 3.05) is 43.4 Å². The van der Waals surface area contributed by atoms with Gasteiger partial charge in [-0.15, -0.1) is 11.3 Å². The Bertz CT molecular complexity index is 2530. The molecule has 17 heteroatoms. The number of amides is 1. The fourth-order valence-corrected chi connectivity index (χ4v) is 10.7. The van der Waals surface area contributed by atoms with Gasteiger partial charge in [0.25, 0.3) is 11.5 Å². The second-order valence-electron chi connectivity index (χ2n) is 15.6. The highest BCUT2D eigenvalue weighted by molar-refractivity contribution is 7.23. The second-order valence-corrected chi connectivity index (χ2v) is 16.6. The van der Waals surface area contributed by atoms with Crippen LogP contribution >= 0.6 is 11.3 Å². The first-order valence-corrected chi connectivity index (χ1v) is 19.5. The van der Waals surface area contributed by atoms with E-state index in [4.69, 9.17) is 15.5 Å². The van der Waals surface area contributed by atoms with Crippen LogP contribution < -0.4 is 20.9 Å². The summed E-state index contributed by atoms with van der Waals surface area (Å²) in [5.41, 5.74) is 5.35. The number of hydrogen-bond acceptors (Lipinski definition) is 11. The number of piperazine rings is 1. The highest BCUT2D eigenvalue weighted by Crippen LogP contribution is 2.46. The number of carbonyl (C=O) groups excluding carboxylic acids is 1. The molecule has 10 rings (SSSR count). The van der Waals surface area contributed by atoms with Gasteiger partial charge in [0.05, 0.1) is 33.6 Å². The molecule has 13 nitrogen and oxygen atoms in total. The zero-order valence-electron chi connectivity index (χ0n) is 30.0. The summed E-state index contributed by atoms with van der Waals surface area (Å²) in [6.07, 6.45) is 5.23. The molecule has 0 radical (unpaired) electrons. The second kappa shape index (κ2) is 12.4. The van der Waals surface area contributed by atoms with Crippen LogP contribution in [0.5, 0.6) is 6.01 Å². The number of alkyl halides is 1. The molecule has 4 atom stereocenters. The van der Waals surface area contributed by atoms with Gasteiger partial charge in [-0.3, -0.25) is 19.2 Å². The lowest BCUT2D eigenvalue weighted by Gasteiger charge is -2.41. The van der Waals surface area contributed by atoms with E-state index in [-0.39, 0.29) is 85.3 Å². The third-order valence-electron chi connectivity index (χ3n) is 12.3. The highest BCUT2D eigenvalue weighted by Gasteiger charge is 2.50. The number of aryl methyl sites for hydroxylation is 1. The molecule has 2 N–H and O–H groups in total. The summed E-state index contributed by atoms with van der Waals surface area (Å²) in [7, 11) is 1.72. The first-order valence-electron chi connectivity index (χ1n) is 18.7. The normalized spacial score (nSPS) is 25.0. The van der Waals surface area contributed by atoms with Crippen molar-refractivity contribution >= 4 is 49.1 Å². The summed E-state index contributed by atoms with van der Waals surface area (Å²) in [5, 5.41) is 14.4. The van der Waals surface area contributed by atoms with Crippen LogP contribution in [0.25, 0.3) is 32.2 Å². The first-order chi connectivity index (χ1) is 26.6. The van der Waals surface area contributed by atoms with Crippen molar-refractivity contribution in [2.45, 2.75) is 74.8 Å². The van der Waals surface area contributed by atoms with Gasteiger partial charge in [-0.05, 0) is 63.3 Å². The molecule has 55 heavy (non-hydrogen) atoms. The fourth-order valence-electron chi connectivity index (χ4n) is 9.72. The number of anilines is 2. The van der Waals surface area contributed by atoms with Gasteiger partial charge in [0.1, 0.15) is 52.1 Å². The topological polar surface area (TPSA) is 151 Å². The number of ether oxygens (including phenoxy) is 1. The molecule has 5 aromatic rings.